The van der Waals surface area contributed by atoms with Crippen molar-refractivity contribution in [3.8, 4) is 11.5 Å². The van der Waals surface area contributed by atoms with Crippen LogP contribution in [0.4, 0.5) is 5.69 Å². The van der Waals surface area contributed by atoms with Crippen molar-refractivity contribution in [2.75, 3.05) is 25.6 Å². The zero-order valence-corrected chi connectivity index (χ0v) is 14.2. The summed E-state index contributed by atoms with van der Waals surface area (Å²) < 4.78 is 10.5. The number of amides is 2. The Morgan fingerprint density at radius 1 is 1.24 bits per heavy atom. The van der Waals surface area contributed by atoms with E-state index in [4.69, 9.17) is 9.47 Å². The number of carbonyl (C=O) groups excluding carboxylic acids is 2. The van der Waals surface area contributed by atoms with Crippen molar-refractivity contribution in [2.45, 2.75) is 13.5 Å². The van der Waals surface area contributed by atoms with E-state index in [-0.39, 0.29) is 18.4 Å². The molecule has 0 saturated heterocycles. The van der Waals surface area contributed by atoms with Crippen LogP contribution in [0.5, 0.6) is 11.5 Å². The third-order valence-electron chi connectivity index (χ3n) is 4.06. The monoisotopic (exact) mass is 340 g/mol. The number of nitrogens with one attached hydrogen (secondary N) is 1. The molecule has 0 spiro atoms. The van der Waals surface area contributed by atoms with Crippen molar-refractivity contribution in [3.05, 3.63) is 53.6 Å². The van der Waals surface area contributed by atoms with Crippen molar-refractivity contribution in [3.63, 3.8) is 0 Å². The molecule has 2 amide bonds. The van der Waals surface area contributed by atoms with Crippen LogP contribution >= 0.6 is 0 Å². The summed E-state index contributed by atoms with van der Waals surface area (Å²) in [7, 11) is 1.62. The highest BCUT2D eigenvalue weighted by atomic mass is 16.5. The highest BCUT2D eigenvalue weighted by Crippen LogP contribution is 2.29. The Morgan fingerprint density at radius 2 is 2.00 bits per heavy atom. The maximum atomic E-state index is 12.8. The normalized spacial score (nSPS) is 12.6. The molecule has 0 unspecified atom stereocenters. The zero-order chi connectivity index (χ0) is 17.8. The summed E-state index contributed by atoms with van der Waals surface area (Å²) >= 11 is 0. The van der Waals surface area contributed by atoms with Gasteiger partial charge < -0.3 is 19.7 Å². The second kappa shape index (κ2) is 7.25. The van der Waals surface area contributed by atoms with E-state index < -0.39 is 0 Å². The maximum absolute atomic E-state index is 12.8. The Hall–Kier alpha value is -3.02. The van der Waals surface area contributed by atoms with Crippen LogP contribution in [-0.4, -0.2) is 37.0 Å². The van der Waals surface area contributed by atoms with Crippen LogP contribution in [-0.2, 0) is 11.3 Å². The van der Waals surface area contributed by atoms with Gasteiger partial charge in [-0.25, -0.2) is 0 Å². The van der Waals surface area contributed by atoms with Gasteiger partial charge in [-0.2, -0.15) is 0 Å². The fourth-order valence-electron chi connectivity index (χ4n) is 2.67. The second-order valence-corrected chi connectivity index (χ2v) is 5.72. The van der Waals surface area contributed by atoms with Crippen LogP contribution in [0.1, 0.15) is 22.8 Å². The highest BCUT2D eigenvalue weighted by molar-refractivity contribution is 5.99. The molecule has 0 aliphatic carbocycles. The van der Waals surface area contributed by atoms with E-state index in [1.54, 1.807) is 30.2 Å². The number of nitrogens with zero attached hydrogens (tertiary/aromatic N) is 1. The van der Waals surface area contributed by atoms with E-state index in [0.29, 0.717) is 30.1 Å². The van der Waals surface area contributed by atoms with E-state index in [0.717, 1.165) is 11.3 Å². The summed E-state index contributed by atoms with van der Waals surface area (Å²) in [5.41, 5.74) is 2.15. The smallest absolute Gasteiger partial charge is 0.262 e. The summed E-state index contributed by atoms with van der Waals surface area (Å²) in [6.07, 6.45) is 0. The third kappa shape index (κ3) is 3.74. The van der Waals surface area contributed by atoms with Crippen LogP contribution in [0.25, 0.3) is 0 Å². The number of carbonyl (C=O) groups is 2. The van der Waals surface area contributed by atoms with Gasteiger partial charge in [-0.05, 0) is 42.8 Å². The van der Waals surface area contributed by atoms with Crippen LogP contribution in [0.2, 0.25) is 0 Å². The molecule has 130 valence electrons. The molecule has 0 bridgehead atoms. The number of methoxy groups -OCH3 is 1. The summed E-state index contributed by atoms with van der Waals surface area (Å²) in [6.45, 7) is 3.00. The van der Waals surface area contributed by atoms with Crippen molar-refractivity contribution in [2.24, 2.45) is 0 Å². The number of ether oxygens (including phenoxy) is 2. The first-order valence-electron chi connectivity index (χ1n) is 8.09. The van der Waals surface area contributed by atoms with E-state index >= 15 is 0 Å². The Morgan fingerprint density at radius 3 is 2.68 bits per heavy atom. The first kappa shape index (κ1) is 16.8. The summed E-state index contributed by atoms with van der Waals surface area (Å²) in [6, 6.07) is 12.7. The summed E-state index contributed by atoms with van der Waals surface area (Å²) in [5, 5.41) is 2.72. The van der Waals surface area contributed by atoms with Crippen LogP contribution in [0.15, 0.2) is 42.5 Å². The molecule has 25 heavy (non-hydrogen) atoms. The fourth-order valence-corrected chi connectivity index (χ4v) is 2.67. The quantitative estimate of drug-likeness (QED) is 0.909. The van der Waals surface area contributed by atoms with E-state index in [2.05, 4.69) is 5.32 Å². The minimum absolute atomic E-state index is 0.0337. The van der Waals surface area contributed by atoms with E-state index in [1.807, 2.05) is 31.2 Å². The van der Waals surface area contributed by atoms with Gasteiger partial charge in [0.25, 0.3) is 11.8 Å². The predicted octanol–water partition coefficient (Wildman–Crippen LogP) is 2.69. The van der Waals surface area contributed by atoms with Crippen LogP contribution in [0, 0.1) is 0 Å². The standard InChI is InChI=1S/C19H20N2O4/c1-3-21(11-13-4-7-15(24-2)8-5-13)19(23)14-6-9-16-17(10-14)25-12-18(22)20-16/h4-10H,3,11-12H2,1-2H3,(H,20,22). The van der Waals surface area contributed by atoms with Crippen molar-refractivity contribution >= 4 is 17.5 Å². The van der Waals surface area contributed by atoms with Crippen molar-refractivity contribution in [1.82, 2.24) is 4.90 Å². The summed E-state index contributed by atoms with van der Waals surface area (Å²) in [5.74, 6) is 1.03. The number of rotatable bonds is 5. The third-order valence-corrected chi connectivity index (χ3v) is 4.06. The lowest BCUT2D eigenvalue weighted by molar-refractivity contribution is -0.118. The van der Waals surface area contributed by atoms with E-state index in [9.17, 15) is 9.59 Å². The molecule has 3 rings (SSSR count). The Balaban J connectivity index is 1.76. The Kier molecular flexibility index (Phi) is 4.88. The molecule has 1 heterocycles. The van der Waals surface area contributed by atoms with Gasteiger partial charge in [-0.3, -0.25) is 9.59 Å². The first-order valence-corrected chi connectivity index (χ1v) is 8.09. The zero-order valence-electron chi connectivity index (χ0n) is 14.2. The predicted molar refractivity (Wildman–Crippen MR) is 94.0 cm³/mol. The molecule has 1 aliphatic heterocycles. The number of fused-ring (bicyclic) bond motifs is 1. The molecule has 0 fully saturated rings. The first-order chi connectivity index (χ1) is 12.1. The van der Waals surface area contributed by atoms with Crippen LogP contribution < -0.4 is 14.8 Å². The van der Waals surface area contributed by atoms with E-state index in [1.165, 1.54) is 0 Å². The number of hydrogen-bond donors (Lipinski definition) is 1. The topological polar surface area (TPSA) is 67.9 Å². The number of hydrogen-bond acceptors (Lipinski definition) is 4. The fraction of sp³-hybridized carbons (Fsp3) is 0.263. The molecule has 1 aliphatic rings. The summed E-state index contributed by atoms with van der Waals surface area (Å²) in [4.78, 5) is 25.9. The molecule has 0 atom stereocenters. The van der Waals surface area contributed by atoms with Gasteiger partial charge in [0.05, 0.1) is 12.8 Å². The van der Waals surface area contributed by atoms with Gasteiger partial charge in [-0.1, -0.05) is 12.1 Å². The Labute approximate surface area is 146 Å². The molecular weight excluding hydrogens is 320 g/mol. The molecule has 6 heteroatoms. The molecule has 0 aromatic heterocycles. The van der Waals surface area contributed by atoms with Crippen molar-refractivity contribution < 1.29 is 19.1 Å². The Bertz CT molecular complexity index is 787. The van der Waals surface area contributed by atoms with Gasteiger partial charge in [0.2, 0.25) is 0 Å². The minimum atomic E-state index is -0.193. The largest absolute Gasteiger partial charge is 0.497 e. The lowest BCUT2D eigenvalue weighted by Gasteiger charge is -2.23. The van der Waals surface area contributed by atoms with Gasteiger partial charge in [-0.15, -0.1) is 0 Å². The van der Waals surface area contributed by atoms with Gasteiger partial charge in [0.1, 0.15) is 11.5 Å². The minimum Gasteiger partial charge on any atom is -0.497 e. The molecule has 6 nitrogen and oxygen atoms in total. The lowest BCUT2D eigenvalue weighted by Crippen LogP contribution is -2.31. The number of benzene rings is 2. The molecule has 1 N–H and O–H groups in total. The SMILES string of the molecule is CCN(Cc1ccc(OC)cc1)C(=O)c1ccc2c(c1)OCC(=O)N2. The molecular formula is C19H20N2O4. The van der Waals surface area contributed by atoms with Gasteiger partial charge in [0, 0.05) is 18.7 Å². The van der Waals surface area contributed by atoms with Gasteiger partial charge >= 0.3 is 0 Å². The van der Waals surface area contributed by atoms with Crippen molar-refractivity contribution in [1.29, 1.82) is 0 Å². The van der Waals surface area contributed by atoms with Crippen LogP contribution in [0.3, 0.4) is 0 Å². The average molecular weight is 340 g/mol. The van der Waals surface area contributed by atoms with Gasteiger partial charge in [0.15, 0.2) is 6.61 Å². The maximum Gasteiger partial charge on any atom is 0.262 e. The second-order valence-electron chi connectivity index (χ2n) is 5.72. The molecule has 0 radical (unpaired) electrons. The number of anilines is 1. The molecule has 0 saturated carbocycles. The molecule has 2 aromatic rings. The molecule has 2 aromatic carbocycles. The lowest BCUT2D eigenvalue weighted by atomic mass is 10.1. The highest BCUT2D eigenvalue weighted by Gasteiger charge is 2.20. The average Bonchev–Trinajstić information content (AvgIpc) is 2.65.